The molecule has 0 aromatic carbocycles. The number of nitrogen functional groups attached to an aromatic ring is 1. The van der Waals surface area contributed by atoms with Crippen molar-refractivity contribution in [2.24, 2.45) is 0 Å². The number of nitrogens with zero attached hydrogens (tertiary/aromatic N) is 1. The summed E-state index contributed by atoms with van der Waals surface area (Å²) >= 11 is 0. The lowest BCUT2D eigenvalue weighted by atomic mass is 10.1. The third-order valence-electron chi connectivity index (χ3n) is 2.24. The molecule has 1 heterocycles. The number of halogens is 3. The number of nitrogens with two attached hydrogens (primary N) is 1. The minimum atomic E-state index is -4.52. The monoisotopic (exact) mass is 273 g/mol. The molecule has 1 rings (SSSR count). The Bertz CT molecular complexity index is 484. The zero-order valence-electron chi connectivity index (χ0n) is 10.3. The van der Waals surface area contributed by atoms with E-state index in [0.29, 0.717) is 18.5 Å². The second kappa shape index (κ2) is 6.21. The molecule has 1 aromatic heterocycles. The Balaban J connectivity index is 2.70. The van der Waals surface area contributed by atoms with Gasteiger partial charge in [-0.2, -0.15) is 13.2 Å². The first kappa shape index (κ1) is 15.0. The molecule has 0 aliphatic rings. The quantitative estimate of drug-likeness (QED) is 0.826. The lowest BCUT2D eigenvalue weighted by Gasteiger charge is -2.09. The van der Waals surface area contributed by atoms with Gasteiger partial charge in [0, 0.05) is 19.7 Å². The van der Waals surface area contributed by atoms with Crippen molar-refractivity contribution >= 4 is 17.8 Å². The van der Waals surface area contributed by atoms with E-state index in [1.54, 1.807) is 6.08 Å². The van der Waals surface area contributed by atoms with Gasteiger partial charge in [0.2, 0.25) is 5.91 Å². The fraction of sp³-hybridized carbons (Fsp3) is 0.333. The standard InChI is InChI=1S/C12H14F3N3O/c1-8(19)17-5-3-2-4-9-6-10(12(13,14)15)11(16)18-7-9/h2,4,6-7H,3,5H2,1H3,(H2,16,18)(H,17,19). The van der Waals surface area contributed by atoms with Crippen LogP contribution in [0.15, 0.2) is 18.3 Å². The molecule has 4 nitrogen and oxygen atoms in total. The number of rotatable bonds is 4. The number of nitrogens with one attached hydrogen (secondary N) is 1. The molecule has 0 radical (unpaired) electrons. The van der Waals surface area contributed by atoms with Gasteiger partial charge in [-0.15, -0.1) is 0 Å². The first-order chi connectivity index (χ1) is 8.80. The Hall–Kier alpha value is -2.05. The maximum Gasteiger partial charge on any atom is 0.419 e. The van der Waals surface area contributed by atoms with Gasteiger partial charge in [-0.3, -0.25) is 4.79 Å². The summed E-state index contributed by atoms with van der Waals surface area (Å²) in [4.78, 5) is 14.1. The molecule has 0 saturated heterocycles. The van der Waals surface area contributed by atoms with E-state index >= 15 is 0 Å². The van der Waals surface area contributed by atoms with Crippen LogP contribution in [0.5, 0.6) is 0 Å². The Morgan fingerprint density at radius 1 is 1.53 bits per heavy atom. The van der Waals surface area contributed by atoms with E-state index in [1.165, 1.54) is 19.2 Å². The number of anilines is 1. The van der Waals surface area contributed by atoms with E-state index in [9.17, 15) is 18.0 Å². The number of carbonyl (C=O) groups is 1. The van der Waals surface area contributed by atoms with E-state index in [-0.39, 0.29) is 5.91 Å². The highest BCUT2D eigenvalue weighted by Gasteiger charge is 2.33. The zero-order chi connectivity index (χ0) is 14.5. The third-order valence-corrected chi connectivity index (χ3v) is 2.24. The highest BCUT2D eigenvalue weighted by atomic mass is 19.4. The van der Waals surface area contributed by atoms with Gasteiger partial charge in [0.1, 0.15) is 5.82 Å². The molecule has 3 N–H and O–H groups in total. The molecular formula is C12H14F3N3O. The van der Waals surface area contributed by atoms with Crippen LogP contribution in [-0.2, 0) is 11.0 Å². The van der Waals surface area contributed by atoms with Crippen molar-refractivity contribution in [2.45, 2.75) is 19.5 Å². The fourth-order valence-electron chi connectivity index (χ4n) is 1.36. The SMILES string of the molecule is CC(=O)NCCC=Cc1cnc(N)c(C(F)(F)F)c1. The summed E-state index contributed by atoms with van der Waals surface area (Å²) in [6.07, 6.45) is 0.425. The van der Waals surface area contributed by atoms with Crippen molar-refractivity contribution < 1.29 is 18.0 Å². The second-order valence-corrected chi connectivity index (χ2v) is 3.87. The van der Waals surface area contributed by atoms with Crippen LogP contribution in [0.1, 0.15) is 24.5 Å². The van der Waals surface area contributed by atoms with Gasteiger partial charge in [0.15, 0.2) is 0 Å². The first-order valence-electron chi connectivity index (χ1n) is 5.54. The predicted octanol–water partition coefficient (Wildman–Crippen LogP) is 2.22. The molecule has 0 aliphatic heterocycles. The van der Waals surface area contributed by atoms with Crippen LogP contribution in [0.25, 0.3) is 6.08 Å². The average Bonchev–Trinajstić information content (AvgIpc) is 2.28. The molecule has 0 bridgehead atoms. The number of amides is 1. The number of aromatic nitrogens is 1. The van der Waals surface area contributed by atoms with Crippen LogP contribution in [0.2, 0.25) is 0 Å². The second-order valence-electron chi connectivity index (χ2n) is 3.87. The number of pyridine rings is 1. The smallest absolute Gasteiger partial charge is 0.383 e. The van der Waals surface area contributed by atoms with Crippen molar-refractivity contribution in [1.82, 2.24) is 10.3 Å². The summed E-state index contributed by atoms with van der Waals surface area (Å²) < 4.78 is 37.7. The van der Waals surface area contributed by atoms with Crippen molar-refractivity contribution in [3.8, 4) is 0 Å². The van der Waals surface area contributed by atoms with Gasteiger partial charge in [-0.1, -0.05) is 12.2 Å². The first-order valence-corrected chi connectivity index (χ1v) is 5.54. The summed E-state index contributed by atoms with van der Waals surface area (Å²) in [6, 6.07) is 0.942. The van der Waals surface area contributed by atoms with E-state index in [4.69, 9.17) is 5.73 Å². The molecule has 0 aliphatic carbocycles. The number of alkyl halides is 3. The fourth-order valence-corrected chi connectivity index (χ4v) is 1.36. The van der Waals surface area contributed by atoms with Crippen LogP contribution < -0.4 is 11.1 Å². The molecule has 0 spiro atoms. The van der Waals surface area contributed by atoms with Crippen LogP contribution in [0, 0.1) is 0 Å². The van der Waals surface area contributed by atoms with Gasteiger partial charge in [0.05, 0.1) is 5.56 Å². The van der Waals surface area contributed by atoms with Gasteiger partial charge < -0.3 is 11.1 Å². The van der Waals surface area contributed by atoms with Gasteiger partial charge in [-0.05, 0) is 18.1 Å². The Labute approximate surface area is 108 Å². The van der Waals surface area contributed by atoms with Crippen LogP contribution in [-0.4, -0.2) is 17.4 Å². The molecule has 0 fully saturated rings. The topological polar surface area (TPSA) is 68.0 Å². The lowest BCUT2D eigenvalue weighted by molar-refractivity contribution is -0.137. The molecule has 7 heteroatoms. The Morgan fingerprint density at radius 3 is 2.79 bits per heavy atom. The third kappa shape index (κ3) is 4.99. The summed E-state index contributed by atoms with van der Waals surface area (Å²) in [5.74, 6) is -0.690. The minimum Gasteiger partial charge on any atom is -0.383 e. The van der Waals surface area contributed by atoms with E-state index < -0.39 is 17.6 Å². The number of hydrogen-bond acceptors (Lipinski definition) is 3. The molecule has 1 aromatic rings. The van der Waals surface area contributed by atoms with Crippen molar-refractivity contribution in [1.29, 1.82) is 0 Å². The predicted molar refractivity (Wildman–Crippen MR) is 66.0 cm³/mol. The van der Waals surface area contributed by atoms with Crippen molar-refractivity contribution in [3.63, 3.8) is 0 Å². The Morgan fingerprint density at radius 2 is 2.21 bits per heavy atom. The molecule has 1 amide bonds. The molecule has 0 saturated carbocycles. The van der Waals surface area contributed by atoms with Crippen molar-refractivity contribution in [3.05, 3.63) is 29.5 Å². The van der Waals surface area contributed by atoms with Crippen LogP contribution >= 0.6 is 0 Å². The Kier molecular flexibility index (Phi) is 4.91. The van der Waals surface area contributed by atoms with Gasteiger partial charge in [-0.25, -0.2) is 4.98 Å². The molecular weight excluding hydrogens is 259 g/mol. The van der Waals surface area contributed by atoms with Crippen LogP contribution in [0.4, 0.5) is 19.0 Å². The maximum absolute atomic E-state index is 12.6. The largest absolute Gasteiger partial charge is 0.419 e. The molecule has 0 atom stereocenters. The van der Waals surface area contributed by atoms with Gasteiger partial charge in [0.25, 0.3) is 0 Å². The number of hydrogen-bond donors (Lipinski definition) is 2. The van der Waals surface area contributed by atoms with Gasteiger partial charge >= 0.3 is 6.18 Å². The zero-order valence-corrected chi connectivity index (χ0v) is 10.3. The van der Waals surface area contributed by atoms with E-state index in [0.717, 1.165) is 6.07 Å². The number of carbonyl (C=O) groups excluding carboxylic acids is 1. The highest BCUT2D eigenvalue weighted by molar-refractivity contribution is 5.72. The maximum atomic E-state index is 12.6. The minimum absolute atomic E-state index is 0.151. The lowest BCUT2D eigenvalue weighted by Crippen LogP contribution is -2.20. The average molecular weight is 273 g/mol. The molecule has 19 heavy (non-hydrogen) atoms. The molecule has 0 unspecified atom stereocenters. The molecule has 104 valence electrons. The van der Waals surface area contributed by atoms with E-state index in [1.807, 2.05) is 0 Å². The normalized spacial score (nSPS) is 11.8. The van der Waals surface area contributed by atoms with Crippen molar-refractivity contribution in [2.75, 3.05) is 12.3 Å². The summed E-state index contributed by atoms with van der Waals surface area (Å²) in [5.41, 5.74) is 4.54. The highest BCUT2D eigenvalue weighted by Crippen LogP contribution is 2.33. The van der Waals surface area contributed by atoms with Crippen LogP contribution in [0.3, 0.4) is 0 Å². The summed E-state index contributed by atoms with van der Waals surface area (Å²) in [5, 5.41) is 2.57. The summed E-state index contributed by atoms with van der Waals surface area (Å²) in [7, 11) is 0. The van der Waals surface area contributed by atoms with E-state index in [2.05, 4.69) is 10.3 Å². The summed E-state index contributed by atoms with van der Waals surface area (Å²) in [6.45, 7) is 1.82.